The molecule has 0 atom stereocenters. The van der Waals surface area contributed by atoms with E-state index >= 15 is 0 Å². The summed E-state index contributed by atoms with van der Waals surface area (Å²) in [7, 11) is 0. The molecule has 0 aliphatic rings. The Kier molecular flexibility index (Phi) is 8.87. The summed E-state index contributed by atoms with van der Waals surface area (Å²) in [6, 6.07) is 36.3. The number of hydrogen-bond acceptors (Lipinski definition) is 3. The highest BCUT2D eigenvalue weighted by atomic mass is 16.5. The van der Waals surface area contributed by atoms with Gasteiger partial charge in [-0.3, -0.25) is 9.59 Å². The third-order valence-electron chi connectivity index (χ3n) is 5.76. The van der Waals surface area contributed by atoms with Gasteiger partial charge in [-0.1, -0.05) is 66.7 Å². The van der Waals surface area contributed by atoms with Crippen LogP contribution in [0.3, 0.4) is 0 Å². The largest absolute Gasteiger partial charge is 0.457 e. The first kappa shape index (κ1) is 24.7. The van der Waals surface area contributed by atoms with Crippen LogP contribution >= 0.6 is 0 Å². The molecule has 182 valence electrons. The molecule has 0 heterocycles. The van der Waals surface area contributed by atoms with Gasteiger partial charge in [0.2, 0.25) is 5.91 Å². The lowest BCUT2D eigenvalue weighted by Gasteiger charge is -2.23. The summed E-state index contributed by atoms with van der Waals surface area (Å²) in [5.74, 6) is 1.39. The van der Waals surface area contributed by atoms with Crippen molar-refractivity contribution in [2.24, 2.45) is 0 Å². The molecule has 0 spiro atoms. The van der Waals surface area contributed by atoms with E-state index in [0.717, 1.165) is 17.0 Å². The third-order valence-corrected chi connectivity index (χ3v) is 5.76. The van der Waals surface area contributed by atoms with Crippen LogP contribution in [0.2, 0.25) is 0 Å². The van der Waals surface area contributed by atoms with Gasteiger partial charge in [0.25, 0.3) is 5.91 Å². The van der Waals surface area contributed by atoms with Crippen molar-refractivity contribution < 1.29 is 14.3 Å². The quantitative estimate of drug-likeness (QED) is 0.259. The molecular weight excluding hydrogens is 448 g/mol. The van der Waals surface area contributed by atoms with Crippen molar-refractivity contribution in [1.82, 2.24) is 5.32 Å². The van der Waals surface area contributed by atoms with E-state index in [1.54, 1.807) is 4.90 Å². The van der Waals surface area contributed by atoms with Gasteiger partial charge in [-0.05, 0) is 66.9 Å². The Hall–Kier alpha value is -4.38. The van der Waals surface area contributed by atoms with Gasteiger partial charge in [0.1, 0.15) is 11.5 Å². The SMILES string of the molecule is O=C(CCc1ccccc1)NCCCN(C(=O)c1ccccc1)c1ccc(Oc2ccccc2)cc1. The number of carbonyl (C=O) groups excluding carboxylic acids is 2. The molecule has 0 fully saturated rings. The van der Waals surface area contributed by atoms with Crippen molar-refractivity contribution in [1.29, 1.82) is 0 Å². The molecule has 0 bridgehead atoms. The number of rotatable bonds is 11. The van der Waals surface area contributed by atoms with Gasteiger partial charge in [-0.25, -0.2) is 0 Å². The predicted octanol–water partition coefficient (Wildman–Crippen LogP) is 6.26. The van der Waals surface area contributed by atoms with Crippen LogP contribution in [-0.4, -0.2) is 24.9 Å². The number of nitrogens with one attached hydrogen (secondary N) is 1. The lowest BCUT2D eigenvalue weighted by atomic mass is 10.1. The molecule has 0 radical (unpaired) electrons. The Labute approximate surface area is 212 Å². The second-order valence-electron chi connectivity index (χ2n) is 8.42. The van der Waals surface area contributed by atoms with Crippen LogP contribution < -0.4 is 15.0 Å². The molecule has 0 unspecified atom stereocenters. The van der Waals surface area contributed by atoms with Crippen LogP contribution in [0.15, 0.2) is 115 Å². The molecule has 4 rings (SSSR count). The molecular formula is C31H30N2O3. The molecule has 5 nitrogen and oxygen atoms in total. The molecule has 2 amide bonds. The zero-order chi connectivity index (χ0) is 25.0. The molecule has 5 heteroatoms. The summed E-state index contributed by atoms with van der Waals surface area (Å²) in [6.07, 6.45) is 1.79. The van der Waals surface area contributed by atoms with E-state index in [4.69, 9.17) is 4.74 Å². The molecule has 1 N–H and O–H groups in total. The number of aryl methyl sites for hydroxylation is 1. The smallest absolute Gasteiger partial charge is 0.258 e. The Balaban J connectivity index is 1.36. The molecule has 4 aromatic rings. The fraction of sp³-hybridized carbons (Fsp3) is 0.161. The highest BCUT2D eigenvalue weighted by Gasteiger charge is 2.17. The average molecular weight is 479 g/mol. The highest BCUT2D eigenvalue weighted by molar-refractivity contribution is 6.06. The molecule has 0 aromatic heterocycles. The van der Waals surface area contributed by atoms with E-state index in [2.05, 4.69) is 5.32 Å². The standard InChI is InChI=1S/C31H30N2O3/c34-30(22-17-25-11-4-1-5-12-25)32-23-10-24-33(31(35)26-13-6-2-7-14-26)27-18-20-29(21-19-27)36-28-15-8-3-9-16-28/h1-9,11-16,18-21H,10,17,22-24H2,(H,32,34). The van der Waals surface area contributed by atoms with E-state index in [1.165, 1.54) is 0 Å². The summed E-state index contributed by atoms with van der Waals surface area (Å²) >= 11 is 0. The zero-order valence-corrected chi connectivity index (χ0v) is 20.2. The summed E-state index contributed by atoms with van der Waals surface area (Å²) in [4.78, 5) is 27.3. The number of amides is 2. The number of carbonyl (C=O) groups is 2. The Bertz CT molecular complexity index is 1230. The summed E-state index contributed by atoms with van der Waals surface area (Å²) in [5.41, 5.74) is 2.54. The van der Waals surface area contributed by atoms with Crippen LogP contribution in [0.25, 0.3) is 0 Å². The minimum atomic E-state index is -0.0808. The van der Waals surface area contributed by atoms with Crippen molar-refractivity contribution in [3.63, 3.8) is 0 Å². The van der Waals surface area contributed by atoms with Crippen LogP contribution in [0.5, 0.6) is 11.5 Å². The van der Waals surface area contributed by atoms with Gasteiger partial charge >= 0.3 is 0 Å². The first-order chi connectivity index (χ1) is 17.7. The number of nitrogens with zero attached hydrogens (tertiary/aromatic N) is 1. The maximum atomic E-state index is 13.3. The number of ether oxygens (including phenoxy) is 1. The van der Waals surface area contributed by atoms with Gasteiger partial charge in [0.15, 0.2) is 0 Å². The zero-order valence-electron chi connectivity index (χ0n) is 20.2. The van der Waals surface area contributed by atoms with Crippen molar-refractivity contribution >= 4 is 17.5 Å². The van der Waals surface area contributed by atoms with Gasteiger partial charge in [0, 0.05) is 30.8 Å². The summed E-state index contributed by atoms with van der Waals surface area (Å²) < 4.78 is 5.89. The normalized spacial score (nSPS) is 10.4. The highest BCUT2D eigenvalue weighted by Crippen LogP contribution is 2.25. The lowest BCUT2D eigenvalue weighted by molar-refractivity contribution is -0.121. The minimum absolute atomic E-state index is 0.0159. The van der Waals surface area contributed by atoms with Gasteiger partial charge in [-0.15, -0.1) is 0 Å². The van der Waals surface area contributed by atoms with Crippen LogP contribution in [0.4, 0.5) is 5.69 Å². The lowest BCUT2D eigenvalue weighted by Crippen LogP contribution is -2.34. The second kappa shape index (κ2) is 12.9. The summed E-state index contributed by atoms with van der Waals surface area (Å²) in [6.45, 7) is 0.979. The minimum Gasteiger partial charge on any atom is -0.457 e. The fourth-order valence-corrected chi connectivity index (χ4v) is 3.86. The number of benzene rings is 4. The van der Waals surface area contributed by atoms with E-state index in [9.17, 15) is 9.59 Å². The molecule has 0 aliphatic carbocycles. The maximum absolute atomic E-state index is 13.3. The first-order valence-electron chi connectivity index (χ1n) is 12.2. The van der Waals surface area contributed by atoms with Crippen LogP contribution in [0.1, 0.15) is 28.8 Å². The summed E-state index contributed by atoms with van der Waals surface area (Å²) in [5, 5.41) is 2.98. The van der Waals surface area contributed by atoms with Crippen molar-refractivity contribution in [2.45, 2.75) is 19.3 Å². The van der Waals surface area contributed by atoms with Gasteiger partial charge < -0.3 is 15.0 Å². The van der Waals surface area contributed by atoms with Crippen molar-refractivity contribution in [2.75, 3.05) is 18.0 Å². The van der Waals surface area contributed by atoms with Crippen molar-refractivity contribution in [3.05, 3.63) is 126 Å². The topological polar surface area (TPSA) is 58.6 Å². The van der Waals surface area contributed by atoms with E-state index in [1.807, 2.05) is 115 Å². The monoisotopic (exact) mass is 478 g/mol. The van der Waals surface area contributed by atoms with E-state index < -0.39 is 0 Å². The van der Waals surface area contributed by atoms with E-state index in [-0.39, 0.29) is 11.8 Å². The number of para-hydroxylation sites is 1. The Morgan fingerprint density at radius 2 is 1.28 bits per heavy atom. The van der Waals surface area contributed by atoms with Crippen molar-refractivity contribution in [3.8, 4) is 11.5 Å². The fourth-order valence-electron chi connectivity index (χ4n) is 3.86. The van der Waals surface area contributed by atoms with Gasteiger partial charge in [0.05, 0.1) is 0 Å². The number of anilines is 1. The predicted molar refractivity (Wildman–Crippen MR) is 143 cm³/mol. The second-order valence-corrected chi connectivity index (χ2v) is 8.42. The molecule has 4 aromatic carbocycles. The van der Waals surface area contributed by atoms with Crippen LogP contribution in [0, 0.1) is 0 Å². The molecule has 0 saturated carbocycles. The van der Waals surface area contributed by atoms with Crippen LogP contribution in [-0.2, 0) is 11.2 Å². The molecule has 0 aliphatic heterocycles. The third kappa shape index (κ3) is 7.31. The molecule has 0 saturated heterocycles. The van der Waals surface area contributed by atoms with E-state index in [0.29, 0.717) is 43.7 Å². The molecule has 36 heavy (non-hydrogen) atoms. The Morgan fingerprint density at radius 1 is 0.694 bits per heavy atom. The number of hydrogen-bond donors (Lipinski definition) is 1. The maximum Gasteiger partial charge on any atom is 0.258 e. The van der Waals surface area contributed by atoms with Gasteiger partial charge in [-0.2, -0.15) is 0 Å². The average Bonchev–Trinajstić information content (AvgIpc) is 2.94. The Morgan fingerprint density at radius 3 is 1.94 bits per heavy atom. The first-order valence-corrected chi connectivity index (χ1v) is 12.2.